The number of nitrogens with one attached hydrogen (secondary N) is 1. The molecule has 0 aromatic rings. The van der Waals surface area contributed by atoms with Gasteiger partial charge >= 0.3 is 0 Å². The Morgan fingerprint density at radius 1 is 1.25 bits per heavy atom. The number of nitrogens with zero attached hydrogens (tertiary/aromatic N) is 2. The van der Waals surface area contributed by atoms with Crippen LogP contribution in [0.25, 0.3) is 0 Å². The lowest BCUT2D eigenvalue weighted by molar-refractivity contribution is -0.0773. The van der Waals surface area contributed by atoms with E-state index < -0.39 is 0 Å². The van der Waals surface area contributed by atoms with E-state index >= 15 is 0 Å². The van der Waals surface area contributed by atoms with Crippen molar-refractivity contribution < 1.29 is 9.84 Å². The van der Waals surface area contributed by atoms with Gasteiger partial charge in [-0.25, -0.2) is 0 Å². The summed E-state index contributed by atoms with van der Waals surface area (Å²) in [6.45, 7) is 11.3. The highest BCUT2D eigenvalue weighted by atomic mass is 16.5. The average molecular weight is 340 g/mol. The number of piperidine rings is 1. The summed E-state index contributed by atoms with van der Waals surface area (Å²) in [7, 11) is 1.85. The molecule has 0 amide bonds. The van der Waals surface area contributed by atoms with Crippen LogP contribution < -0.4 is 5.32 Å². The SMILES string of the molecule is CN=C(NCC1(C)CCCCC1O)N1CCC(OC(C)(C)C)CC1. The lowest BCUT2D eigenvalue weighted by Gasteiger charge is -2.41. The Morgan fingerprint density at radius 3 is 2.46 bits per heavy atom. The second kappa shape index (κ2) is 8.05. The molecule has 0 aromatic heterocycles. The van der Waals surface area contributed by atoms with Crippen LogP contribution in [0.1, 0.15) is 66.2 Å². The van der Waals surface area contributed by atoms with Gasteiger partial charge in [-0.1, -0.05) is 19.8 Å². The number of hydrogen-bond acceptors (Lipinski definition) is 3. The third-order valence-electron chi connectivity index (χ3n) is 5.40. The summed E-state index contributed by atoms with van der Waals surface area (Å²) in [6, 6.07) is 0. The van der Waals surface area contributed by atoms with E-state index in [9.17, 15) is 5.11 Å². The Morgan fingerprint density at radius 2 is 1.92 bits per heavy atom. The minimum absolute atomic E-state index is 0.0398. The summed E-state index contributed by atoms with van der Waals surface area (Å²) >= 11 is 0. The number of aliphatic hydroxyl groups is 1. The maximum Gasteiger partial charge on any atom is 0.193 e. The van der Waals surface area contributed by atoms with E-state index in [1.807, 2.05) is 7.05 Å². The topological polar surface area (TPSA) is 57.1 Å². The van der Waals surface area contributed by atoms with Crippen molar-refractivity contribution in [3.63, 3.8) is 0 Å². The van der Waals surface area contributed by atoms with Crippen LogP contribution in [0.15, 0.2) is 4.99 Å². The highest BCUT2D eigenvalue weighted by Gasteiger charge is 2.36. The van der Waals surface area contributed by atoms with Crippen LogP contribution in [0, 0.1) is 5.41 Å². The van der Waals surface area contributed by atoms with Gasteiger partial charge in [0.25, 0.3) is 0 Å². The van der Waals surface area contributed by atoms with E-state index in [-0.39, 0.29) is 17.1 Å². The molecule has 2 rings (SSSR count). The predicted octanol–water partition coefficient (Wildman–Crippen LogP) is 2.78. The molecule has 140 valence electrons. The fourth-order valence-corrected chi connectivity index (χ4v) is 3.89. The van der Waals surface area contributed by atoms with Crippen LogP contribution in [0.3, 0.4) is 0 Å². The van der Waals surface area contributed by atoms with Gasteiger partial charge in [-0.15, -0.1) is 0 Å². The molecular weight excluding hydrogens is 302 g/mol. The van der Waals surface area contributed by atoms with Crippen LogP contribution in [-0.4, -0.2) is 60.5 Å². The van der Waals surface area contributed by atoms with E-state index in [1.165, 1.54) is 6.42 Å². The van der Waals surface area contributed by atoms with E-state index in [4.69, 9.17) is 4.74 Å². The highest BCUT2D eigenvalue weighted by Crippen LogP contribution is 2.35. The van der Waals surface area contributed by atoms with E-state index in [0.717, 1.165) is 57.7 Å². The smallest absolute Gasteiger partial charge is 0.193 e. The summed E-state index contributed by atoms with van der Waals surface area (Å²) in [6.07, 6.45) is 6.58. The Hall–Kier alpha value is -0.810. The number of likely N-dealkylation sites (tertiary alicyclic amines) is 1. The molecular formula is C19H37N3O2. The van der Waals surface area contributed by atoms with Crippen molar-refractivity contribution in [1.29, 1.82) is 0 Å². The van der Waals surface area contributed by atoms with Gasteiger partial charge in [0.1, 0.15) is 0 Å². The first-order valence-electron chi connectivity index (χ1n) is 9.55. The second-order valence-corrected chi connectivity index (χ2v) is 8.73. The van der Waals surface area contributed by atoms with Gasteiger partial charge in [0.2, 0.25) is 0 Å². The molecule has 1 aliphatic heterocycles. The average Bonchev–Trinajstić information content (AvgIpc) is 2.51. The Balaban J connectivity index is 1.83. The van der Waals surface area contributed by atoms with Crippen molar-refractivity contribution in [3.05, 3.63) is 0 Å². The molecule has 2 aliphatic rings. The Kier molecular flexibility index (Phi) is 6.54. The largest absolute Gasteiger partial charge is 0.392 e. The summed E-state index contributed by atoms with van der Waals surface area (Å²) in [5.41, 5.74) is -0.111. The summed E-state index contributed by atoms with van der Waals surface area (Å²) in [5.74, 6) is 0.961. The van der Waals surface area contributed by atoms with Crippen molar-refractivity contribution >= 4 is 5.96 Å². The number of rotatable bonds is 3. The van der Waals surface area contributed by atoms with Crippen molar-refractivity contribution in [2.75, 3.05) is 26.7 Å². The fourth-order valence-electron chi connectivity index (χ4n) is 3.89. The zero-order valence-corrected chi connectivity index (χ0v) is 16.3. The van der Waals surface area contributed by atoms with Gasteiger partial charge in [-0.05, 0) is 46.5 Å². The standard InChI is InChI=1S/C19H37N3O2/c1-18(2,3)24-15-9-12-22(13-10-15)17(20-5)21-14-19(4)11-7-6-8-16(19)23/h15-16,23H,6-14H2,1-5H3,(H,20,21). The molecule has 2 fully saturated rings. The zero-order valence-electron chi connectivity index (χ0n) is 16.3. The minimum Gasteiger partial charge on any atom is -0.392 e. The molecule has 5 nitrogen and oxygen atoms in total. The molecule has 1 aliphatic carbocycles. The predicted molar refractivity (Wildman–Crippen MR) is 99.4 cm³/mol. The molecule has 1 saturated heterocycles. The lowest BCUT2D eigenvalue weighted by Crippen LogP contribution is -2.52. The van der Waals surface area contributed by atoms with Gasteiger partial charge in [0.05, 0.1) is 17.8 Å². The molecule has 5 heteroatoms. The van der Waals surface area contributed by atoms with E-state index in [0.29, 0.717) is 6.10 Å². The van der Waals surface area contributed by atoms with Crippen molar-refractivity contribution in [2.24, 2.45) is 10.4 Å². The third-order valence-corrected chi connectivity index (χ3v) is 5.40. The zero-order chi connectivity index (χ0) is 17.8. The number of ether oxygens (including phenoxy) is 1. The van der Waals surface area contributed by atoms with Crippen LogP contribution in [0.5, 0.6) is 0 Å². The van der Waals surface area contributed by atoms with Crippen LogP contribution in [0.2, 0.25) is 0 Å². The van der Waals surface area contributed by atoms with Gasteiger partial charge in [0.15, 0.2) is 5.96 Å². The maximum atomic E-state index is 10.4. The van der Waals surface area contributed by atoms with Gasteiger partial charge in [0, 0.05) is 32.1 Å². The first-order valence-corrected chi connectivity index (χ1v) is 9.55. The first-order chi connectivity index (χ1) is 11.2. The lowest BCUT2D eigenvalue weighted by atomic mass is 9.73. The molecule has 24 heavy (non-hydrogen) atoms. The summed E-state index contributed by atoms with van der Waals surface area (Å²) < 4.78 is 6.11. The van der Waals surface area contributed by atoms with Gasteiger partial charge in [-0.2, -0.15) is 0 Å². The Bertz CT molecular complexity index is 425. The molecule has 0 spiro atoms. The fraction of sp³-hybridized carbons (Fsp3) is 0.947. The molecule has 0 aromatic carbocycles. The van der Waals surface area contributed by atoms with Crippen LogP contribution in [-0.2, 0) is 4.74 Å². The molecule has 1 heterocycles. The van der Waals surface area contributed by atoms with Crippen LogP contribution >= 0.6 is 0 Å². The van der Waals surface area contributed by atoms with E-state index in [2.05, 4.69) is 42.9 Å². The third kappa shape index (κ3) is 5.35. The normalized spacial score (nSPS) is 30.5. The number of aliphatic imine (C=N–C) groups is 1. The first kappa shape index (κ1) is 19.5. The Labute approximate surface area is 147 Å². The second-order valence-electron chi connectivity index (χ2n) is 8.73. The maximum absolute atomic E-state index is 10.4. The molecule has 2 N–H and O–H groups in total. The van der Waals surface area contributed by atoms with Gasteiger partial charge < -0.3 is 20.1 Å². The number of guanidine groups is 1. The van der Waals surface area contributed by atoms with E-state index in [1.54, 1.807) is 0 Å². The van der Waals surface area contributed by atoms with Crippen molar-refractivity contribution in [3.8, 4) is 0 Å². The molecule has 1 saturated carbocycles. The molecule has 2 atom stereocenters. The van der Waals surface area contributed by atoms with Crippen LogP contribution in [0.4, 0.5) is 0 Å². The molecule has 0 bridgehead atoms. The number of aliphatic hydroxyl groups excluding tert-OH is 1. The van der Waals surface area contributed by atoms with Crippen molar-refractivity contribution in [2.45, 2.75) is 84.0 Å². The highest BCUT2D eigenvalue weighted by molar-refractivity contribution is 5.80. The summed E-state index contributed by atoms with van der Waals surface area (Å²) in [4.78, 5) is 6.78. The van der Waals surface area contributed by atoms with Gasteiger partial charge in [-0.3, -0.25) is 4.99 Å². The molecule has 2 unspecified atom stereocenters. The summed E-state index contributed by atoms with van der Waals surface area (Å²) in [5, 5.41) is 13.9. The minimum atomic E-state index is -0.206. The van der Waals surface area contributed by atoms with Crippen molar-refractivity contribution in [1.82, 2.24) is 10.2 Å². The quantitative estimate of drug-likeness (QED) is 0.613. The monoisotopic (exact) mass is 339 g/mol. The number of hydrogen-bond donors (Lipinski definition) is 2. The molecule has 0 radical (unpaired) electrons.